The van der Waals surface area contributed by atoms with Gasteiger partial charge in [0.15, 0.2) is 11.5 Å². The van der Waals surface area contributed by atoms with E-state index in [1.807, 2.05) is 28.0 Å². The van der Waals surface area contributed by atoms with Gasteiger partial charge in [0, 0.05) is 42.5 Å². The van der Waals surface area contributed by atoms with Gasteiger partial charge in [0.2, 0.25) is 0 Å². The number of anilines is 1. The molecular weight excluding hydrogens is 524 g/mol. The van der Waals surface area contributed by atoms with Gasteiger partial charge in [-0.2, -0.15) is 13.2 Å². The lowest BCUT2D eigenvalue weighted by Crippen LogP contribution is -2.62. The molecule has 1 aromatic carbocycles. The number of ether oxygens (including phenoxy) is 1. The van der Waals surface area contributed by atoms with Gasteiger partial charge >= 0.3 is 6.18 Å². The van der Waals surface area contributed by atoms with Crippen molar-refractivity contribution in [1.29, 1.82) is 0 Å². The van der Waals surface area contributed by atoms with E-state index in [-0.39, 0.29) is 31.1 Å². The average molecular weight is 549 g/mol. The largest absolute Gasteiger partial charge is 0.433 e. The lowest BCUT2D eigenvalue weighted by atomic mass is 9.57. The van der Waals surface area contributed by atoms with Crippen molar-refractivity contribution in [2.45, 2.75) is 43.7 Å². The summed E-state index contributed by atoms with van der Waals surface area (Å²) in [5, 5.41) is 9.70. The SMILES string of the molecule is FC1(CN2Cc3cc(Cl)ccc3-n3c(nnc3C3CC4(C3)CN(c3cccc(C(F)(F)F)n3)C4)C2)COC1. The molecule has 1 saturated carbocycles. The fraction of sp³-hybridized carbons (Fsp3) is 0.500. The zero-order valence-corrected chi connectivity index (χ0v) is 21.1. The van der Waals surface area contributed by atoms with Crippen LogP contribution in [0.5, 0.6) is 0 Å². The monoisotopic (exact) mass is 548 g/mol. The lowest BCUT2D eigenvalue weighted by Gasteiger charge is -2.59. The summed E-state index contributed by atoms with van der Waals surface area (Å²) >= 11 is 6.33. The minimum atomic E-state index is -4.46. The van der Waals surface area contributed by atoms with Gasteiger partial charge in [0.05, 0.1) is 25.4 Å². The first-order valence-electron chi connectivity index (χ1n) is 12.6. The maximum atomic E-state index is 14.9. The number of benzene rings is 1. The molecule has 200 valence electrons. The zero-order chi connectivity index (χ0) is 26.3. The Kier molecular flexibility index (Phi) is 5.35. The highest BCUT2D eigenvalue weighted by molar-refractivity contribution is 6.30. The maximum absolute atomic E-state index is 14.9. The zero-order valence-electron chi connectivity index (χ0n) is 20.4. The van der Waals surface area contributed by atoms with Gasteiger partial charge in [-0.25, -0.2) is 9.37 Å². The molecule has 0 bridgehead atoms. The Bertz CT molecular complexity index is 1390. The normalized spacial score (nSPS) is 22.2. The van der Waals surface area contributed by atoms with Crippen LogP contribution >= 0.6 is 11.6 Å². The molecule has 3 aliphatic heterocycles. The second-order valence-electron chi connectivity index (χ2n) is 11.2. The number of pyridine rings is 1. The van der Waals surface area contributed by atoms with Gasteiger partial charge in [0.25, 0.3) is 0 Å². The van der Waals surface area contributed by atoms with E-state index >= 15 is 0 Å². The lowest BCUT2D eigenvalue weighted by molar-refractivity contribution is -0.142. The van der Waals surface area contributed by atoms with E-state index in [2.05, 4.69) is 19.7 Å². The molecule has 0 amide bonds. The number of halogens is 5. The standard InChI is InChI=1S/C26H25ClF4N6O/c27-18-4-5-19-16(6-18)9-35(13-25(28)14-38-15-25)10-22-33-34-23(37(19)22)17-7-24(8-17)11-36(12-24)21-3-1-2-20(32-21)26(29,30)31/h1-6,17H,7-15H2. The summed E-state index contributed by atoms with van der Waals surface area (Å²) in [6.07, 6.45) is -2.71. The van der Waals surface area contributed by atoms with Crippen LogP contribution in [0.2, 0.25) is 5.02 Å². The Morgan fingerprint density at radius 1 is 1.05 bits per heavy atom. The van der Waals surface area contributed by atoms with Crippen molar-refractivity contribution in [3.05, 3.63) is 64.3 Å². The molecule has 1 aliphatic carbocycles. The Hall–Kier alpha value is -2.76. The predicted molar refractivity (Wildman–Crippen MR) is 131 cm³/mol. The van der Waals surface area contributed by atoms with Crippen LogP contribution in [-0.4, -0.2) is 63.2 Å². The number of rotatable bonds is 4. The van der Waals surface area contributed by atoms with E-state index in [1.165, 1.54) is 6.07 Å². The van der Waals surface area contributed by atoms with Gasteiger partial charge in [-0.1, -0.05) is 17.7 Å². The molecule has 7 nitrogen and oxygen atoms in total. The summed E-state index contributed by atoms with van der Waals surface area (Å²) in [6.45, 7) is 2.77. The molecule has 1 spiro atoms. The van der Waals surface area contributed by atoms with Gasteiger partial charge in [0.1, 0.15) is 17.3 Å². The molecule has 38 heavy (non-hydrogen) atoms. The molecule has 0 N–H and O–H groups in total. The summed E-state index contributed by atoms with van der Waals surface area (Å²) in [7, 11) is 0. The fourth-order valence-electron chi connectivity index (χ4n) is 6.39. The highest BCUT2D eigenvalue weighted by Crippen LogP contribution is 2.56. The van der Waals surface area contributed by atoms with E-state index in [0.29, 0.717) is 37.0 Å². The number of hydrogen-bond donors (Lipinski definition) is 0. The van der Waals surface area contributed by atoms with Crippen LogP contribution in [0.25, 0.3) is 5.69 Å². The maximum Gasteiger partial charge on any atom is 0.433 e. The quantitative estimate of drug-likeness (QED) is 0.438. The van der Waals surface area contributed by atoms with E-state index in [4.69, 9.17) is 16.3 Å². The van der Waals surface area contributed by atoms with E-state index < -0.39 is 17.5 Å². The number of aromatic nitrogens is 4. The van der Waals surface area contributed by atoms with Crippen LogP contribution in [0.15, 0.2) is 36.4 Å². The van der Waals surface area contributed by atoms with Crippen molar-refractivity contribution in [3.8, 4) is 5.69 Å². The Labute approximate surface area is 221 Å². The number of fused-ring (bicyclic) bond motifs is 3. The van der Waals surface area contributed by atoms with Gasteiger partial charge in [-0.3, -0.25) is 9.47 Å². The Balaban J connectivity index is 1.10. The number of nitrogens with zero attached hydrogens (tertiary/aromatic N) is 6. The summed E-state index contributed by atoms with van der Waals surface area (Å²) in [6, 6.07) is 9.75. The van der Waals surface area contributed by atoms with E-state index in [9.17, 15) is 17.6 Å². The molecule has 2 aromatic heterocycles. The third-order valence-corrected chi connectivity index (χ3v) is 8.39. The molecule has 3 aromatic rings. The highest BCUT2D eigenvalue weighted by Gasteiger charge is 2.54. The number of alkyl halides is 4. The summed E-state index contributed by atoms with van der Waals surface area (Å²) in [5.41, 5.74) is -0.251. The van der Waals surface area contributed by atoms with Gasteiger partial charge in [-0.05, 0) is 48.7 Å². The topological polar surface area (TPSA) is 59.3 Å². The molecule has 0 atom stereocenters. The minimum absolute atomic E-state index is 0.0391. The van der Waals surface area contributed by atoms with Crippen molar-refractivity contribution >= 4 is 17.4 Å². The summed E-state index contributed by atoms with van der Waals surface area (Å²) in [5.74, 6) is 2.16. The average Bonchev–Trinajstić information content (AvgIpc) is 3.12. The summed E-state index contributed by atoms with van der Waals surface area (Å²) < 4.78 is 61.4. The first-order valence-corrected chi connectivity index (χ1v) is 13.0. The van der Waals surface area contributed by atoms with Crippen LogP contribution in [0.4, 0.5) is 23.4 Å². The molecule has 12 heteroatoms. The molecule has 5 heterocycles. The fourth-order valence-corrected chi connectivity index (χ4v) is 6.59. The molecule has 4 aliphatic rings. The molecule has 0 radical (unpaired) electrons. The third-order valence-electron chi connectivity index (χ3n) is 8.15. The van der Waals surface area contributed by atoms with Crippen molar-refractivity contribution in [2.24, 2.45) is 5.41 Å². The molecule has 3 fully saturated rings. The second-order valence-corrected chi connectivity index (χ2v) is 11.6. The van der Waals surface area contributed by atoms with Crippen LogP contribution in [0.1, 0.15) is 41.7 Å². The van der Waals surface area contributed by atoms with Crippen LogP contribution in [-0.2, 0) is 24.0 Å². The molecule has 0 unspecified atom stereocenters. The molecule has 7 rings (SSSR count). The molecule has 2 saturated heterocycles. The second kappa shape index (κ2) is 8.37. The minimum Gasteiger partial charge on any atom is -0.375 e. The van der Waals surface area contributed by atoms with Crippen molar-refractivity contribution in [2.75, 3.05) is 37.7 Å². The first-order chi connectivity index (χ1) is 18.1. The highest BCUT2D eigenvalue weighted by atomic mass is 35.5. The molecular formula is C26H25ClF4N6O. The smallest absolute Gasteiger partial charge is 0.375 e. The summed E-state index contributed by atoms with van der Waals surface area (Å²) in [4.78, 5) is 7.76. The van der Waals surface area contributed by atoms with Gasteiger partial charge in [-0.15, -0.1) is 10.2 Å². The van der Waals surface area contributed by atoms with Crippen LogP contribution < -0.4 is 4.90 Å². The van der Waals surface area contributed by atoms with Crippen molar-refractivity contribution < 1.29 is 22.3 Å². The van der Waals surface area contributed by atoms with Crippen LogP contribution in [0.3, 0.4) is 0 Å². The Morgan fingerprint density at radius 3 is 2.55 bits per heavy atom. The predicted octanol–water partition coefficient (Wildman–Crippen LogP) is 4.77. The number of hydrogen-bond acceptors (Lipinski definition) is 6. The van der Waals surface area contributed by atoms with Crippen molar-refractivity contribution in [3.63, 3.8) is 0 Å². The van der Waals surface area contributed by atoms with E-state index in [1.54, 1.807) is 6.07 Å². The van der Waals surface area contributed by atoms with Gasteiger partial charge < -0.3 is 9.64 Å². The first kappa shape index (κ1) is 24.3. The van der Waals surface area contributed by atoms with Crippen molar-refractivity contribution in [1.82, 2.24) is 24.6 Å². The van der Waals surface area contributed by atoms with E-state index in [0.717, 1.165) is 41.8 Å². The van der Waals surface area contributed by atoms with Crippen LogP contribution in [0, 0.1) is 5.41 Å². The third kappa shape index (κ3) is 4.06. The Morgan fingerprint density at radius 2 is 1.84 bits per heavy atom.